The van der Waals surface area contributed by atoms with Crippen LogP contribution in [0.2, 0.25) is 0 Å². The number of carboxylic acid groups (broad SMARTS) is 1. The van der Waals surface area contributed by atoms with E-state index in [-0.39, 0.29) is 19.3 Å². The molecule has 0 bridgehead atoms. The molecule has 0 rings (SSSR count). The van der Waals surface area contributed by atoms with E-state index in [1.807, 2.05) is 12.2 Å². The molecule has 4 atom stereocenters. The summed E-state index contributed by atoms with van der Waals surface area (Å²) in [6, 6.07) is -1.55. The van der Waals surface area contributed by atoms with Crippen molar-refractivity contribution < 1.29 is 52.6 Å². The highest BCUT2D eigenvalue weighted by atomic mass is 31.2. The van der Waals surface area contributed by atoms with E-state index in [1.165, 1.54) is 57.8 Å². The number of rotatable bonds is 38. The maximum Gasteiger partial charge on any atom is 0.472 e. The van der Waals surface area contributed by atoms with Crippen LogP contribution in [-0.4, -0.2) is 71.1 Å². The summed E-state index contributed by atoms with van der Waals surface area (Å²) in [7, 11) is -4.77. The molecule has 5 N–H and O–H groups in total. The van der Waals surface area contributed by atoms with Crippen LogP contribution < -0.4 is 5.73 Å². The number of allylic oxidation sites excluding steroid dienone is 11. The smallest absolute Gasteiger partial charge is 0.472 e. The van der Waals surface area contributed by atoms with Gasteiger partial charge < -0.3 is 30.3 Å². The normalized spacial score (nSPS) is 15.0. The number of phosphoric ester groups is 1. The zero-order chi connectivity index (χ0) is 42.2. The molecule has 0 heterocycles. The van der Waals surface area contributed by atoms with Gasteiger partial charge in [0.2, 0.25) is 0 Å². The average molecular weight is 824 g/mol. The minimum atomic E-state index is -4.77. The lowest BCUT2D eigenvalue weighted by molar-refractivity contribution is -0.161. The third-order valence-electron chi connectivity index (χ3n) is 8.59. The predicted octanol–water partition coefficient (Wildman–Crippen LogP) is 9.92. The molecule has 0 aromatic carbocycles. The van der Waals surface area contributed by atoms with Crippen LogP contribution in [0, 0.1) is 0 Å². The van der Waals surface area contributed by atoms with E-state index in [9.17, 15) is 28.9 Å². The number of carbonyl (C=O) groups excluding carboxylic acids is 2. The van der Waals surface area contributed by atoms with E-state index in [4.69, 9.17) is 24.8 Å². The second-order valence-electron chi connectivity index (χ2n) is 13.9. The Hall–Kier alpha value is -3.12. The van der Waals surface area contributed by atoms with Crippen molar-refractivity contribution in [1.82, 2.24) is 0 Å². The van der Waals surface area contributed by atoms with Gasteiger partial charge in [-0.3, -0.25) is 23.4 Å². The Morgan fingerprint density at radius 2 is 1.12 bits per heavy atom. The van der Waals surface area contributed by atoms with Crippen molar-refractivity contribution in [2.75, 3.05) is 19.8 Å². The standard InChI is InChI=1S/C44H74NO11P/c1-3-5-7-9-11-13-15-17-18-19-21-22-24-26-28-30-32-39(46)34-35-42(47)53-36-40(37-54-57(51,52)55-38-41(45)44(49)50)56-43(48)33-31-29-27-25-23-20-16-14-12-10-8-6-4-2/h5,7,11,13,17-18,21-22,26,28,30,32,39-41,46H,3-4,6,8-10,12,14-16,19-20,23-25,27,29,31,33-38,45H2,1-2H3,(H,49,50)(H,51,52)/b7-5-,13-11-,18-17-,22-21-,28-26-,32-30-/t39?,40-,41+/m1/s1. The highest BCUT2D eigenvalue weighted by molar-refractivity contribution is 7.47. The molecule has 0 saturated carbocycles. The Bertz CT molecular complexity index is 1260. The Balaban J connectivity index is 4.62. The van der Waals surface area contributed by atoms with Gasteiger partial charge in [-0.05, 0) is 44.9 Å². The number of carbonyl (C=O) groups is 3. The fourth-order valence-corrected chi connectivity index (χ4v) is 6.01. The van der Waals surface area contributed by atoms with Crippen LogP contribution in [0.5, 0.6) is 0 Å². The highest BCUT2D eigenvalue weighted by Crippen LogP contribution is 2.43. The van der Waals surface area contributed by atoms with Gasteiger partial charge in [0, 0.05) is 12.8 Å². The monoisotopic (exact) mass is 823 g/mol. The lowest BCUT2D eigenvalue weighted by Gasteiger charge is -2.20. The van der Waals surface area contributed by atoms with Crippen molar-refractivity contribution in [3.05, 3.63) is 72.9 Å². The van der Waals surface area contributed by atoms with E-state index in [1.54, 1.807) is 12.2 Å². The van der Waals surface area contributed by atoms with E-state index in [0.29, 0.717) is 6.42 Å². The van der Waals surface area contributed by atoms with E-state index >= 15 is 0 Å². The summed E-state index contributed by atoms with van der Waals surface area (Å²) in [5.74, 6) is -2.69. The molecule has 0 aromatic heterocycles. The van der Waals surface area contributed by atoms with E-state index in [0.717, 1.165) is 51.4 Å². The molecule has 12 nitrogen and oxygen atoms in total. The zero-order valence-corrected chi connectivity index (χ0v) is 35.7. The molecular formula is C44H74NO11P. The third kappa shape index (κ3) is 38.2. The summed E-state index contributed by atoms with van der Waals surface area (Å²) >= 11 is 0. The maximum absolute atomic E-state index is 12.6. The zero-order valence-electron chi connectivity index (χ0n) is 34.8. The first-order chi connectivity index (χ1) is 27.5. The van der Waals surface area contributed by atoms with Gasteiger partial charge in [-0.15, -0.1) is 0 Å². The Labute approximate surface area is 343 Å². The summed E-state index contributed by atoms with van der Waals surface area (Å²) in [5.41, 5.74) is 5.31. The Kier molecular flexibility index (Phi) is 36.3. The number of aliphatic hydroxyl groups excluding tert-OH is 1. The number of phosphoric acid groups is 1. The van der Waals surface area contributed by atoms with Crippen molar-refractivity contribution >= 4 is 25.7 Å². The Morgan fingerprint density at radius 3 is 1.65 bits per heavy atom. The molecule has 0 radical (unpaired) electrons. The molecule has 0 saturated heterocycles. The fourth-order valence-electron chi connectivity index (χ4n) is 5.23. The topological polar surface area (TPSA) is 192 Å². The van der Waals surface area contributed by atoms with Gasteiger partial charge in [-0.25, -0.2) is 4.57 Å². The van der Waals surface area contributed by atoms with Crippen LogP contribution in [-0.2, 0) is 37.5 Å². The van der Waals surface area contributed by atoms with Gasteiger partial charge in [0.15, 0.2) is 6.10 Å². The number of hydrogen-bond donors (Lipinski definition) is 4. The van der Waals surface area contributed by atoms with Crippen LogP contribution in [0.1, 0.15) is 149 Å². The summed E-state index contributed by atoms with van der Waals surface area (Å²) in [6.07, 6.45) is 41.6. The SMILES string of the molecule is CC/C=C\C/C=C\C/C=C\C/C=C\C/C=C\C=C/C(O)CCC(=O)OC[C@H](COP(=O)(O)OC[C@H](N)C(=O)O)OC(=O)CCCCCCCCCCCCCCC. The summed E-state index contributed by atoms with van der Waals surface area (Å²) in [5, 5.41) is 19.1. The maximum atomic E-state index is 12.6. The Morgan fingerprint density at radius 1 is 0.632 bits per heavy atom. The second kappa shape index (κ2) is 38.4. The second-order valence-corrected chi connectivity index (χ2v) is 15.4. The first kappa shape index (κ1) is 53.9. The van der Waals surface area contributed by atoms with Crippen molar-refractivity contribution in [3.8, 4) is 0 Å². The number of ether oxygens (including phenoxy) is 2. The van der Waals surface area contributed by atoms with Crippen LogP contribution in [0.4, 0.5) is 0 Å². The highest BCUT2D eigenvalue weighted by Gasteiger charge is 2.28. The van der Waals surface area contributed by atoms with Gasteiger partial charge in [0.25, 0.3) is 0 Å². The predicted molar refractivity (Wildman–Crippen MR) is 227 cm³/mol. The van der Waals surface area contributed by atoms with Crippen LogP contribution in [0.15, 0.2) is 72.9 Å². The number of aliphatic hydroxyl groups is 1. The summed E-state index contributed by atoms with van der Waals surface area (Å²) < 4.78 is 32.5. The van der Waals surface area contributed by atoms with Crippen molar-refractivity contribution in [3.63, 3.8) is 0 Å². The number of hydrogen-bond acceptors (Lipinski definition) is 10. The largest absolute Gasteiger partial charge is 0.480 e. The molecule has 326 valence electrons. The van der Waals surface area contributed by atoms with Gasteiger partial charge in [-0.1, -0.05) is 164 Å². The van der Waals surface area contributed by atoms with Crippen molar-refractivity contribution in [2.45, 2.75) is 167 Å². The first-order valence-electron chi connectivity index (χ1n) is 21.1. The average Bonchev–Trinajstić information content (AvgIpc) is 3.18. The number of unbranched alkanes of at least 4 members (excludes halogenated alkanes) is 12. The molecule has 0 aliphatic rings. The van der Waals surface area contributed by atoms with E-state index < -0.39 is 63.8 Å². The van der Waals surface area contributed by atoms with E-state index in [2.05, 4.69) is 67.0 Å². The third-order valence-corrected chi connectivity index (χ3v) is 9.54. The van der Waals surface area contributed by atoms with Crippen molar-refractivity contribution in [2.24, 2.45) is 5.73 Å². The van der Waals surface area contributed by atoms with Crippen LogP contribution in [0.25, 0.3) is 0 Å². The van der Waals surface area contributed by atoms with Crippen LogP contribution >= 0.6 is 7.82 Å². The number of nitrogens with two attached hydrogens (primary N) is 1. The minimum absolute atomic E-state index is 0.0869. The van der Waals surface area contributed by atoms with Crippen LogP contribution in [0.3, 0.4) is 0 Å². The quantitative estimate of drug-likeness (QED) is 0.0152. The molecule has 0 spiro atoms. The minimum Gasteiger partial charge on any atom is -0.480 e. The first-order valence-corrected chi connectivity index (χ1v) is 22.6. The summed E-state index contributed by atoms with van der Waals surface area (Å²) in [6.45, 7) is 2.42. The molecule has 13 heteroatoms. The fraction of sp³-hybridized carbons (Fsp3) is 0.659. The molecule has 57 heavy (non-hydrogen) atoms. The molecule has 0 aromatic rings. The number of carboxylic acids is 1. The number of aliphatic carboxylic acids is 1. The lowest BCUT2D eigenvalue weighted by atomic mass is 10.0. The molecule has 0 fully saturated rings. The lowest BCUT2D eigenvalue weighted by Crippen LogP contribution is -2.34. The molecule has 0 amide bonds. The number of esters is 2. The molecule has 0 aliphatic heterocycles. The molecular weight excluding hydrogens is 749 g/mol. The van der Waals surface area contributed by atoms with Gasteiger partial charge in [0.1, 0.15) is 12.6 Å². The molecule has 0 aliphatic carbocycles. The van der Waals surface area contributed by atoms with Crippen molar-refractivity contribution in [1.29, 1.82) is 0 Å². The van der Waals surface area contributed by atoms with Gasteiger partial charge in [-0.2, -0.15) is 0 Å². The van der Waals surface area contributed by atoms with Gasteiger partial charge >= 0.3 is 25.7 Å². The summed E-state index contributed by atoms with van der Waals surface area (Å²) in [4.78, 5) is 45.9. The molecule has 2 unspecified atom stereocenters. The van der Waals surface area contributed by atoms with Gasteiger partial charge in [0.05, 0.1) is 19.3 Å².